The lowest BCUT2D eigenvalue weighted by molar-refractivity contribution is -0.126. The van der Waals surface area contributed by atoms with Gasteiger partial charge in [0, 0.05) is 25.6 Å². The predicted octanol–water partition coefficient (Wildman–Crippen LogP) is 0.721. The van der Waals surface area contributed by atoms with Gasteiger partial charge in [0.15, 0.2) is 0 Å². The largest absolute Gasteiger partial charge is 0.330 e. The van der Waals surface area contributed by atoms with E-state index in [1.807, 2.05) is 13.0 Å². The second-order valence-corrected chi connectivity index (χ2v) is 9.36. The molecule has 6 rings (SSSR count). The quantitative estimate of drug-likeness (QED) is 0.481. The van der Waals surface area contributed by atoms with Gasteiger partial charge in [-0.3, -0.25) is 28.8 Å². The predicted molar refractivity (Wildman–Crippen MR) is 126 cm³/mol. The van der Waals surface area contributed by atoms with Crippen LogP contribution in [0.25, 0.3) is 11.0 Å². The summed E-state index contributed by atoms with van der Waals surface area (Å²) in [5.74, 6) is -0.996. The van der Waals surface area contributed by atoms with Crippen molar-refractivity contribution in [3.05, 3.63) is 57.5 Å². The van der Waals surface area contributed by atoms with Crippen LogP contribution in [0.2, 0.25) is 0 Å². The third-order valence-corrected chi connectivity index (χ3v) is 7.30. The lowest BCUT2D eigenvalue weighted by Crippen LogP contribution is -2.48. The van der Waals surface area contributed by atoms with Gasteiger partial charge < -0.3 is 15.5 Å². The molecule has 1 aliphatic carbocycles. The summed E-state index contributed by atoms with van der Waals surface area (Å²) in [5, 5.41) is 8.01. The van der Waals surface area contributed by atoms with Crippen molar-refractivity contribution in [1.82, 2.24) is 19.4 Å². The number of imidazole rings is 1. The molecule has 1 saturated heterocycles. The third kappa shape index (κ3) is 2.94. The molecule has 3 N–H and O–H groups in total. The summed E-state index contributed by atoms with van der Waals surface area (Å²) >= 11 is 0. The Labute approximate surface area is 198 Å². The number of nitrogens with one attached hydrogen (secondary N) is 3. The molecule has 1 atom stereocenters. The summed E-state index contributed by atoms with van der Waals surface area (Å²) in [6.45, 7) is 1.53. The van der Waals surface area contributed by atoms with Crippen LogP contribution in [0.1, 0.15) is 16.7 Å². The molecule has 0 radical (unpaired) electrons. The first-order valence-corrected chi connectivity index (χ1v) is 11.2. The molecule has 0 bridgehead atoms. The van der Waals surface area contributed by atoms with E-state index in [0.717, 1.165) is 16.7 Å². The van der Waals surface area contributed by atoms with Crippen LogP contribution in [0.5, 0.6) is 0 Å². The summed E-state index contributed by atoms with van der Waals surface area (Å²) in [6.07, 6.45) is 0.768. The Morgan fingerprint density at radius 2 is 1.83 bits per heavy atom. The number of aromatic nitrogens is 2. The Hall–Kier alpha value is -4.41. The molecule has 3 aliphatic rings. The van der Waals surface area contributed by atoms with E-state index in [4.69, 9.17) is 0 Å². The van der Waals surface area contributed by atoms with Gasteiger partial charge in [0.2, 0.25) is 11.8 Å². The molecule has 1 unspecified atom stereocenters. The number of hydrogen-bond donors (Lipinski definition) is 3. The topological polar surface area (TPSA) is 135 Å². The van der Waals surface area contributed by atoms with Crippen LogP contribution in [-0.4, -0.2) is 50.4 Å². The summed E-state index contributed by atoms with van der Waals surface area (Å²) < 4.78 is 2.75. The van der Waals surface area contributed by atoms with Crippen LogP contribution in [0.15, 0.2) is 35.1 Å². The van der Waals surface area contributed by atoms with Crippen molar-refractivity contribution in [1.29, 1.82) is 0 Å². The molecule has 3 heterocycles. The molecule has 2 aliphatic heterocycles. The zero-order valence-corrected chi connectivity index (χ0v) is 19.1. The van der Waals surface area contributed by atoms with Gasteiger partial charge in [0.05, 0.1) is 16.7 Å². The van der Waals surface area contributed by atoms with E-state index >= 15 is 0 Å². The monoisotopic (exact) mass is 474 g/mol. The number of fused-ring (bicyclic) bond motifs is 1. The Morgan fingerprint density at radius 1 is 1.06 bits per heavy atom. The number of benzene rings is 2. The maximum Gasteiger partial charge on any atom is 0.330 e. The Bertz CT molecular complexity index is 1570. The fourth-order valence-electron chi connectivity index (χ4n) is 5.42. The fraction of sp³-hybridized carbons (Fsp3) is 0.292. The van der Waals surface area contributed by atoms with Crippen LogP contribution >= 0.6 is 0 Å². The van der Waals surface area contributed by atoms with Gasteiger partial charge in [-0.25, -0.2) is 9.59 Å². The first-order chi connectivity index (χ1) is 16.7. The van der Waals surface area contributed by atoms with Crippen LogP contribution in [0.3, 0.4) is 0 Å². The van der Waals surface area contributed by atoms with E-state index in [1.54, 1.807) is 31.3 Å². The van der Waals surface area contributed by atoms with Gasteiger partial charge in [0.25, 0.3) is 5.91 Å². The first kappa shape index (κ1) is 21.1. The maximum absolute atomic E-state index is 13.0. The van der Waals surface area contributed by atoms with Crippen LogP contribution in [-0.2, 0) is 40.3 Å². The fourth-order valence-corrected chi connectivity index (χ4v) is 5.42. The number of hydrogen-bond acceptors (Lipinski definition) is 5. The Kier molecular flexibility index (Phi) is 4.26. The summed E-state index contributed by atoms with van der Waals surface area (Å²) in [7, 11) is 1.61. The molecular weight excluding hydrogens is 452 g/mol. The molecule has 11 nitrogen and oxygen atoms in total. The zero-order valence-electron chi connectivity index (χ0n) is 19.1. The molecular formula is C24H22N6O5. The van der Waals surface area contributed by atoms with E-state index in [2.05, 4.69) is 16.0 Å². The van der Waals surface area contributed by atoms with Crippen LogP contribution in [0, 0.1) is 6.92 Å². The minimum absolute atomic E-state index is 0.0997. The number of anilines is 2. The molecule has 1 aromatic heterocycles. The summed E-state index contributed by atoms with van der Waals surface area (Å²) in [5.41, 5.74) is 3.59. The zero-order chi connectivity index (χ0) is 24.6. The average Bonchev–Trinajstić information content (AvgIpc) is 3.39. The SMILES string of the molecule is Cc1ccc2c3c1NC(=O)Cn3c(=O)n2CC(=O)Nc1ccc2c(c1)CC1(C2)C(=O)NC(=O)N1C. The van der Waals surface area contributed by atoms with Crippen LogP contribution in [0.4, 0.5) is 16.2 Å². The van der Waals surface area contributed by atoms with Crippen molar-refractivity contribution in [3.63, 3.8) is 0 Å². The van der Waals surface area contributed by atoms with Gasteiger partial charge in [-0.1, -0.05) is 12.1 Å². The second kappa shape index (κ2) is 7.05. The van der Waals surface area contributed by atoms with Crippen molar-refractivity contribution >= 4 is 46.2 Å². The molecule has 5 amide bonds. The number of amides is 5. The van der Waals surface area contributed by atoms with Gasteiger partial charge >= 0.3 is 11.7 Å². The molecule has 1 spiro atoms. The van der Waals surface area contributed by atoms with Gasteiger partial charge in [0.1, 0.15) is 18.6 Å². The van der Waals surface area contributed by atoms with Gasteiger partial charge in [-0.2, -0.15) is 0 Å². The van der Waals surface area contributed by atoms with Crippen molar-refractivity contribution in [2.45, 2.75) is 38.4 Å². The Morgan fingerprint density at radius 3 is 2.57 bits per heavy atom. The number of likely N-dealkylation sites (N-methyl/N-ethyl adjacent to an activating group) is 1. The van der Waals surface area contributed by atoms with Crippen molar-refractivity contribution in [2.75, 3.05) is 17.7 Å². The number of nitrogens with zero attached hydrogens (tertiary/aromatic N) is 3. The normalized spacial score (nSPS) is 20.4. The molecule has 2 aromatic carbocycles. The van der Waals surface area contributed by atoms with Gasteiger partial charge in [-0.15, -0.1) is 0 Å². The van der Waals surface area contributed by atoms with E-state index in [0.29, 0.717) is 35.2 Å². The average molecular weight is 474 g/mol. The van der Waals surface area contributed by atoms with Gasteiger partial charge in [-0.05, 0) is 41.8 Å². The molecule has 35 heavy (non-hydrogen) atoms. The minimum Gasteiger partial charge on any atom is -0.325 e. The maximum atomic E-state index is 13.0. The molecule has 178 valence electrons. The van der Waals surface area contributed by atoms with E-state index in [1.165, 1.54) is 14.0 Å². The summed E-state index contributed by atoms with van der Waals surface area (Å²) in [4.78, 5) is 63.9. The van der Waals surface area contributed by atoms with E-state index in [-0.39, 0.29) is 24.9 Å². The highest BCUT2D eigenvalue weighted by molar-refractivity contribution is 6.08. The Balaban J connectivity index is 1.26. The number of carbonyl (C=O) groups is 4. The lowest BCUT2D eigenvalue weighted by atomic mass is 9.95. The smallest absolute Gasteiger partial charge is 0.325 e. The molecule has 3 aromatic rings. The molecule has 1 fully saturated rings. The number of urea groups is 1. The molecule has 0 saturated carbocycles. The number of aryl methyl sites for hydroxylation is 1. The minimum atomic E-state index is -0.940. The number of rotatable bonds is 3. The lowest BCUT2D eigenvalue weighted by Gasteiger charge is -2.27. The first-order valence-electron chi connectivity index (χ1n) is 11.2. The van der Waals surface area contributed by atoms with E-state index < -0.39 is 23.2 Å². The van der Waals surface area contributed by atoms with Crippen molar-refractivity contribution < 1.29 is 19.2 Å². The third-order valence-electron chi connectivity index (χ3n) is 7.30. The highest BCUT2D eigenvalue weighted by atomic mass is 16.2. The van der Waals surface area contributed by atoms with E-state index in [9.17, 15) is 24.0 Å². The highest BCUT2D eigenvalue weighted by Crippen LogP contribution is 2.38. The van der Waals surface area contributed by atoms with Crippen LogP contribution < -0.4 is 21.6 Å². The standard InChI is InChI=1S/C24H22N6O5/c1-12-3-6-16-20-19(12)26-18(32)11-30(20)23(35)29(16)10-17(31)25-15-5-4-13-8-24(9-14(13)7-15)21(33)27-22(34)28(24)2/h3-7H,8-11H2,1-2H3,(H,25,31)(H,26,32)(H,27,33,34). The second-order valence-electron chi connectivity index (χ2n) is 9.36. The number of imide groups is 1. The summed E-state index contributed by atoms with van der Waals surface area (Å²) in [6, 6.07) is 8.55. The molecule has 11 heteroatoms. The van der Waals surface area contributed by atoms with Crippen molar-refractivity contribution in [3.8, 4) is 0 Å². The highest BCUT2D eigenvalue weighted by Gasteiger charge is 2.54. The number of carbonyl (C=O) groups excluding carboxylic acids is 4. The van der Waals surface area contributed by atoms with Crippen molar-refractivity contribution in [2.24, 2.45) is 0 Å².